The van der Waals surface area contributed by atoms with Gasteiger partial charge in [-0.15, -0.1) is 0 Å². The molecular formula is C13H19N3O3. The van der Waals surface area contributed by atoms with Crippen LogP contribution in [0.15, 0.2) is 18.2 Å². The van der Waals surface area contributed by atoms with Crippen LogP contribution in [0.2, 0.25) is 0 Å². The summed E-state index contributed by atoms with van der Waals surface area (Å²) in [6.45, 7) is 3.01. The molecule has 0 saturated carbocycles. The summed E-state index contributed by atoms with van der Waals surface area (Å²) < 4.78 is 0. The molecule has 2 amide bonds. The van der Waals surface area contributed by atoms with Gasteiger partial charge in [0.2, 0.25) is 0 Å². The molecule has 0 unspecified atom stereocenters. The van der Waals surface area contributed by atoms with Crippen molar-refractivity contribution in [3.63, 3.8) is 0 Å². The summed E-state index contributed by atoms with van der Waals surface area (Å²) >= 11 is 0. The molecule has 0 atom stereocenters. The molecule has 3 N–H and O–H groups in total. The Hall–Kier alpha value is -2.08. The maximum Gasteiger partial charge on any atom is 0.337 e. The number of likely N-dealkylation sites (N-methyl/N-ethyl adjacent to an activating group) is 2. The molecule has 0 radical (unpaired) electrons. The van der Waals surface area contributed by atoms with Gasteiger partial charge in [0, 0.05) is 20.1 Å². The van der Waals surface area contributed by atoms with Gasteiger partial charge >= 0.3 is 12.0 Å². The van der Waals surface area contributed by atoms with Crippen molar-refractivity contribution in [3.05, 3.63) is 29.3 Å². The number of hydrogen-bond donors (Lipinski definition) is 3. The van der Waals surface area contributed by atoms with Gasteiger partial charge in [-0.3, -0.25) is 0 Å². The molecule has 0 aromatic heterocycles. The van der Waals surface area contributed by atoms with Gasteiger partial charge in [-0.25, -0.2) is 9.59 Å². The van der Waals surface area contributed by atoms with Crippen LogP contribution in [0.4, 0.5) is 10.5 Å². The summed E-state index contributed by atoms with van der Waals surface area (Å²) in [5.74, 6) is -1.06. The Labute approximate surface area is 112 Å². The zero-order valence-corrected chi connectivity index (χ0v) is 11.4. The van der Waals surface area contributed by atoms with E-state index in [1.54, 1.807) is 33.2 Å². The second-order valence-electron chi connectivity index (χ2n) is 4.31. The first-order chi connectivity index (χ1) is 8.95. The first kappa shape index (κ1) is 15.0. The minimum absolute atomic E-state index is 0.0929. The van der Waals surface area contributed by atoms with Gasteiger partial charge in [0.25, 0.3) is 0 Å². The van der Waals surface area contributed by atoms with E-state index in [9.17, 15) is 9.59 Å². The fraction of sp³-hybridized carbons (Fsp3) is 0.385. The standard InChI is InChI=1S/C13H19N3O3/c1-9-4-5-11(10(8-9)12(17)18)15-13(19)16(3)7-6-14-2/h4-5,8,14H,6-7H2,1-3H3,(H,15,19)(H,17,18). The summed E-state index contributed by atoms with van der Waals surface area (Å²) in [4.78, 5) is 24.5. The lowest BCUT2D eigenvalue weighted by Gasteiger charge is -2.18. The van der Waals surface area contributed by atoms with Crippen molar-refractivity contribution < 1.29 is 14.7 Å². The largest absolute Gasteiger partial charge is 0.478 e. The predicted octanol–water partition coefficient (Wildman–Crippen LogP) is 1.38. The molecule has 0 aliphatic rings. The van der Waals surface area contributed by atoms with E-state index in [0.29, 0.717) is 18.8 Å². The van der Waals surface area contributed by atoms with Crippen molar-refractivity contribution in [1.29, 1.82) is 0 Å². The van der Waals surface area contributed by atoms with Gasteiger partial charge in [-0.2, -0.15) is 0 Å². The lowest BCUT2D eigenvalue weighted by Crippen LogP contribution is -2.36. The quantitative estimate of drug-likeness (QED) is 0.751. The zero-order chi connectivity index (χ0) is 14.4. The van der Waals surface area contributed by atoms with Crippen molar-refractivity contribution >= 4 is 17.7 Å². The van der Waals surface area contributed by atoms with E-state index in [1.165, 1.54) is 11.0 Å². The zero-order valence-electron chi connectivity index (χ0n) is 11.4. The third-order valence-corrected chi connectivity index (χ3v) is 2.69. The van der Waals surface area contributed by atoms with Crippen molar-refractivity contribution in [2.45, 2.75) is 6.92 Å². The van der Waals surface area contributed by atoms with Gasteiger partial charge in [-0.1, -0.05) is 11.6 Å². The molecule has 19 heavy (non-hydrogen) atoms. The van der Waals surface area contributed by atoms with Crippen LogP contribution in [0.25, 0.3) is 0 Å². The average molecular weight is 265 g/mol. The Morgan fingerprint density at radius 2 is 2.05 bits per heavy atom. The number of carbonyl (C=O) groups excluding carboxylic acids is 1. The van der Waals surface area contributed by atoms with Crippen molar-refractivity contribution in [2.75, 3.05) is 32.5 Å². The van der Waals surface area contributed by atoms with Gasteiger partial charge in [0.15, 0.2) is 0 Å². The van der Waals surface area contributed by atoms with Crippen LogP contribution in [-0.4, -0.2) is 49.2 Å². The summed E-state index contributed by atoms with van der Waals surface area (Å²) in [6.07, 6.45) is 0. The first-order valence-corrected chi connectivity index (χ1v) is 5.96. The SMILES string of the molecule is CNCCN(C)C(=O)Nc1ccc(C)cc1C(=O)O. The highest BCUT2D eigenvalue weighted by Crippen LogP contribution is 2.17. The van der Waals surface area contributed by atoms with Crippen LogP contribution >= 0.6 is 0 Å². The lowest BCUT2D eigenvalue weighted by atomic mass is 10.1. The highest BCUT2D eigenvalue weighted by molar-refractivity contribution is 6.00. The molecule has 6 heteroatoms. The molecule has 6 nitrogen and oxygen atoms in total. The molecule has 0 bridgehead atoms. The number of rotatable bonds is 5. The minimum Gasteiger partial charge on any atom is -0.478 e. The Bertz CT molecular complexity index is 474. The number of carboxylic acids is 1. The molecule has 1 rings (SSSR count). The lowest BCUT2D eigenvalue weighted by molar-refractivity contribution is 0.0698. The number of aryl methyl sites for hydroxylation is 1. The third kappa shape index (κ3) is 4.26. The molecule has 0 heterocycles. The smallest absolute Gasteiger partial charge is 0.337 e. The Morgan fingerprint density at radius 3 is 2.63 bits per heavy atom. The normalized spacial score (nSPS) is 10.1. The molecule has 0 aliphatic heterocycles. The van der Waals surface area contributed by atoms with E-state index in [4.69, 9.17) is 5.11 Å². The number of nitrogens with one attached hydrogen (secondary N) is 2. The fourth-order valence-electron chi connectivity index (χ4n) is 1.54. The van der Waals surface area contributed by atoms with Gasteiger partial charge in [0.05, 0.1) is 11.3 Å². The number of nitrogens with zero attached hydrogens (tertiary/aromatic N) is 1. The Kier molecular flexibility index (Phi) is 5.32. The summed E-state index contributed by atoms with van der Waals surface area (Å²) in [6, 6.07) is 4.56. The van der Waals surface area contributed by atoms with Crippen molar-refractivity contribution in [3.8, 4) is 0 Å². The van der Waals surface area contributed by atoms with Crippen LogP contribution in [0.5, 0.6) is 0 Å². The second-order valence-corrected chi connectivity index (χ2v) is 4.31. The van der Waals surface area contributed by atoms with Crippen molar-refractivity contribution in [2.24, 2.45) is 0 Å². The van der Waals surface area contributed by atoms with Crippen LogP contribution in [0.1, 0.15) is 15.9 Å². The maximum atomic E-state index is 11.9. The number of aromatic carboxylic acids is 1. The fourth-order valence-corrected chi connectivity index (χ4v) is 1.54. The number of carbonyl (C=O) groups is 2. The monoisotopic (exact) mass is 265 g/mol. The molecule has 0 saturated heterocycles. The number of urea groups is 1. The number of benzene rings is 1. The Morgan fingerprint density at radius 1 is 1.37 bits per heavy atom. The molecule has 104 valence electrons. The van der Waals surface area contributed by atoms with E-state index in [1.807, 2.05) is 0 Å². The van der Waals surface area contributed by atoms with E-state index in [0.717, 1.165) is 5.56 Å². The second kappa shape index (κ2) is 6.75. The van der Waals surface area contributed by atoms with Crippen LogP contribution < -0.4 is 10.6 Å². The number of anilines is 1. The summed E-state index contributed by atoms with van der Waals surface area (Å²) in [7, 11) is 3.45. The third-order valence-electron chi connectivity index (χ3n) is 2.69. The van der Waals surface area contributed by atoms with E-state index >= 15 is 0 Å². The first-order valence-electron chi connectivity index (χ1n) is 5.96. The van der Waals surface area contributed by atoms with E-state index < -0.39 is 5.97 Å². The van der Waals surface area contributed by atoms with E-state index in [-0.39, 0.29) is 11.6 Å². The number of hydrogen-bond acceptors (Lipinski definition) is 3. The van der Waals surface area contributed by atoms with Crippen LogP contribution in [0, 0.1) is 6.92 Å². The summed E-state index contributed by atoms with van der Waals surface area (Å²) in [5.41, 5.74) is 1.23. The highest BCUT2D eigenvalue weighted by Gasteiger charge is 2.14. The molecule has 0 fully saturated rings. The minimum atomic E-state index is -1.06. The molecule has 0 spiro atoms. The maximum absolute atomic E-state index is 11.9. The summed E-state index contributed by atoms with van der Waals surface area (Å²) in [5, 5.41) is 14.7. The van der Waals surface area contributed by atoms with Crippen LogP contribution in [0.3, 0.4) is 0 Å². The van der Waals surface area contributed by atoms with Gasteiger partial charge in [0.1, 0.15) is 0 Å². The Balaban J connectivity index is 2.81. The average Bonchev–Trinajstić information content (AvgIpc) is 2.37. The topological polar surface area (TPSA) is 81.7 Å². The van der Waals surface area contributed by atoms with E-state index in [2.05, 4.69) is 10.6 Å². The molecule has 0 aliphatic carbocycles. The van der Waals surface area contributed by atoms with Gasteiger partial charge in [-0.05, 0) is 26.1 Å². The molecular weight excluding hydrogens is 246 g/mol. The number of amides is 2. The van der Waals surface area contributed by atoms with Crippen molar-refractivity contribution in [1.82, 2.24) is 10.2 Å². The number of carboxylic acid groups (broad SMARTS) is 1. The van der Waals surface area contributed by atoms with Gasteiger partial charge < -0.3 is 20.6 Å². The van der Waals surface area contributed by atoms with Crippen LogP contribution in [-0.2, 0) is 0 Å². The molecule has 1 aromatic rings. The predicted molar refractivity (Wildman–Crippen MR) is 73.7 cm³/mol. The highest BCUT2D eigenvalue weighted by atomic mass is 16.4. The molecule has 1 aromatic carbocycles.